The fourth-order valence-electron chi connectivity index (χ4n) is 4.79. The topological polar surface area (TPSA) is 163 Å². The number of ether oxygens (including phenoxy) is 1. The first kappa shape index (κ1) is 31.1. The van der Waals surface area contributed by atoms with Crippen LogP contribution in [0, 0.1) is 6.92 Å². The highest BCUT2D eigenvalue weighted by atomic mass is 16.6. The van der Waals surface area contributed by atoms with E-state index in [1.165, 1.54) is 0 Å². The number of aliphatic carboxylic acids is 1. The highest BCUT2D eigenvalue weighted by Gasteiger charge is 2.33. The van der Waals surface area contributed by atoms with Gasteiger partial charge in [0.05, 0.1) is 12.5 Å². The molecule has 228 valence electrons. The Morgan fingerprint density at radius 3 is 2.49 bits per heavy atom. The van der Waals surface area contributed by atoms with Crippen LogP contribution < -0.4 is 16.0 Å². The van der Waals surface area contributed by atoms with E-state index in [1.54, 1.807) is 56.0 Å². The minimum Gasteiger partial charge on any atom is -0.480 e. The molecule has 0 radical (unpaired) electrons. The maximum atomic E-state index is 13.3. The molecule has 1 aromatic heterocycles. The van der Waals surface area contributed by atoms with Crippen LogP contribution in [0.4, 0.5) is 21.0 Å². The second-order valence-electron chi connectivity index (χ2n) is 11.5. The minimum absolute atomic E-state index is 0.0833. The number of benzene rings is 2. The van der Waals surface area contributed by atoms with Gasteiger partial charge >= 0.3 is 18.1 Å². The Morgan fingerprint density at radius 1 is 1.09 bits per heavy atom. The molecule has 4 amide bonds. The highest BCUT2D eigenvalue weighted by molar-refractivity contribution is 6.00. The van der Waals surface area contributed by atoms with Crippen LogP contribution in [0.1, 0.15) is 62.2 Å². The molecule has 1 unspecified atom stereocenters. The van der Waals surface area contributed by atoms with Gasteiger partial charge in [0.1, 0.15) is 23.1 Å². The van der Waals surface area contributed by atoms with Crippen molar-refractivity contribution in [2.75, 3.05) is 17.2 Å². The number of urea groups is 1. The minimum atomic E-state index is -1.28. The average Bonchev–Trinajstić information content (AvgIpc) is 3.59. The number of amides is 4. The number of rotatable bonds is 9. The summed E-state index contributed by atoms with van der Waals surface area (Å²) in [4.78, 5) is 51.2. The Bertz CT molecular complexity index is 1460. The normalized spacial score (nSPS) is 15.4. The van der Waals surface area contributed by atoms with Crippen molar-refractivity contribution >= 4 is 35.4 Å². The van der Waals surface area contributed by atoms with Crippen LogP contribution in [0.3, 0.4) is 0 Å². The van der Waals surface area contributed by atoms with E-state index in [0.717, 1.165) is 23.2 Å². The lowest BCUT2D eigenvalue weighted by molar-refractivity contribution is -0.139. The van der Waals surface area contributed by atoms with Crippen molar-refractivity contribution in [3.8, 4) is 0 Å². The second kappa shape index (κ2) is 13.4. The first-order valence-corrected chi connectivity index (χ1v) is 14.1. The van der Waals surface area contributed by atoms with Gasteiger partial charge < -0.3 is 35.2 Å². The van der Waals surface area contributed by atoms with Gasteiger partial charge in [0.25, 0.3) is 0 Å². The number of hydrogen-bond donors (Lipinski definition) is 4. The summed E-state index contributed by atoms with van der Waals surface area (Å²) in [6.45, 7) is 7.51. The van der Waals surface area contributed by atoms with Crippen molar-refractivity contribution in [2.45, 2.75) is 71.1 Å². The maximum Gasteiger partial charge on any atom is 0.408 e. The van der Waals surface area contributed by atoms with Gasteiger partial charge in [0.2, 0.25) is 5.91 Å². The summed E-state index contributed by atoms with van der Waals surface area (Å²) in [6, 6.07) is 14.3. The molecule has 12 heteroatoms. The molecule has 2 aromatic carbocycles. The molecule has 1 fully saturated rings. The summed E-state index contributed by atoms with van der Waals surface area (Å²) in [5, 5.41) is 21.6. The molecule has 4 N–H and O–H groups in total. The van der Waals surface area contributed by atoms with Crippen molar-refractivity contribution < 1.29 is 33.5 Å². The first-order valence-electron chi connectivity index (χ1n) is 14.1. The number of likely N-dealkylation sites (tertiary alicyclic amines) is 1. The zero-order valence-corrected chi connectivity index (χ0v) is 24.7. The summed E-state index contributed by atoms with van der Waals surface area (Å²) in [7, 11) is 0. The molecule has 3 aromatic rings. The average molecular weight is 592 g/mol. The van der Waals surface area contributed by atoms with Gasteiger partial charge in [-0.15, -0.1) is 0 Å². The van der Waals surface area contributed by atoms with Crippen LogP contribution in [0.2, 0.25) is 0 Å². The Labute approximate surface area is 249 Å². The molecule has 43 heavy (non-hydrogen) atoms. The lowest BCUT2D eigenvalue weighted by atomic mass is 10.1. The molecule has 0 aliphatic carbocycles. The van der Waals surface area contributed by atoms with Crippen LogP contribution in [0.15, 0.2) is 59.1 Å². The lowest BCUT2D eigenvalue weighted by Crippen LogP contribution is -2.44. The summed E-state index contributed by atoms with van der Waals surface area (Å²) in [5.74, 6) is -1.05. The van der Waals surface area contributed by atoms with Crippen LogP contribution in [-0.4, -0.2) is 57.4 Å². The SMILES string of the molecule is Cc1ccccc1NC(=O)Nc1ccc(CC(=O)N2CCC[C@H]2c2cc(CC(NC(=O)OC(C)(C)C)C(=O)O)on2)cc1. The molecule has 0 saturated carbocycles. The predicted octanol–water partition coefficient (Wildman–Crippen LogP) is 5.05. The van der Waals surface area contributed by atoms with Crippen molar-refractivity contribution in [1.29, 1.82) is 0 Å². The molecule has 1 aliphatic rings. The summed E-state index contributed by atoms with van der Waals surface area (Å²) >= 11 is 0. The van der Waals surface area contributed by atoms with Crippen LogP contribution in [0.25, 0.3) is 0 Å². The molecule has 2 atom stereocenters. The van der Waals surface area contributed by atoms with E-state index in [4.69, 9.17) is 9.26 Å². The number of anilines is 2. The largest absolute Gasteiger partial charge is 0.480 e. The van der Waals surface area contributed by atoms with E-state index in [-0.39, 0.29) is 36.6 Å². The van der Waals surface area contributed by atoms with Crippen molar-refractivity contribution in [3.63, 3.8) is 0 Å². The van der Waals surface area contributed by atoms with Gasteiger partial charge in [0.15, 0.2) is 0 Å². The van der Waals surface area contributed by atoms with Crippen molar-refractivity contribution in [1.82, 2.24) is 15.4 Å². The smallest absolute Gasteiger partial charge is 0.408 e. The van der Waals surface area contributed by atoms with E-state index in [0.29, 0.717) is 24.3 Å². The van der Waals surface area contributed by atoms with E-state index in [2.05, 4.69) is 21.1 Å². The zero-order chi connectivity index (χ0) is 31.1. The number of aromatic nitrogens is 1. The van der Waals surface area contributed by atoms with E-state index >= 15 is 0 Å². The third-order valence-corrected chi connectivity index (χ3v) is 6.85. The molecule has 4 rings (SSSR count). The molecular weight excluding hydrogens is 554 g/mol. The molecule has 0 spiro atoms. The number of aryl methyl sites for hydroxylation is 1. The molecule has 1 aliphatic heterocycles. The Hall–Kier alpha value is -4.87. The van der Waals surface area contributed by atoms with Gasteiger partial charge in [-0.1, -0.05) is 35.5 Å². The molecular formula is C31H37N5O7. The van der Waals surface area contributed by atoms with Crippen LogP contribution in [0.5, 0.6) is 0 Å². The Morgan fingerprint density at radius 2 is 1.81 bits per heavy atom. The van der Waals surface area contributed by atoms with Gasteiger partial charge in [-0.05, 0) is 69.9 Å². The number of carbonyl (C=O) groups excluding carboxylic acids is 3. The number of para-hydroxylation sites is 1. The number of hydrogen-bond acceptors (Lipinski definition) is 7. The third-order valence-electron chi connectivity index (χ3n) is 6.85. The number of carboxylic acid groups (broad SMARTS) is 1. The first-order chi connectivity index (χ1) is 20.4. The predicted molar refractivity (Wildman–Crippen MR) is 159 cm³/mol. The molecule has 2 heterocycles. The fraction of sp³-hybridized carbons (Fsp3) is 0.387. The number of nitrogens with zero attached hydrogens (tertiary/aromatic N) is 2. The fourth-order valence-corrected chi connectivity index (χ4v) is 4.79. The Balaban J connectivity index is 1.33. The third kappa shape index (κ3) is 8.81. The zero-order valence-electron chi connectivity index (χ0n) is 24.7. The van der Waals surface area contributed by atoms with Crippen LogP contribution in [-0.2, 0) is 27.2 Å². The lowest BCUT2D eigenvalue weighted by Gasteiger charge is -2.23. The van der Waals surface area contributed by atoms with Gasteiger partial charge in [-0.2, -0.15) is 0 Å². The number of carbonyl (C=O) groups is 4. The number of carboxylic acids is 1. The summed E-state index contributed by atoms with van der Waals surface area (Å²) < 4.78 is 10.5. The van der Waals surface area contributed by atoms with Gasteiger partial charge in [-0.3, -0.25) is 4.79 Å². The van der Waals surface area contributed by atoms with Crippen molar-refractivity contribution in [3.05, 3.63) is 77.2 Å². The maximum absolute atomic E-state index is 13.3. The van der Waals surface area contributed by atoms with E-state index < -0.39 is 23.7 Å². The van der Waals surface area contributed by atoms with Gasteiger partial charge in [0, 0.05) is 30.4 Å². The number of nitrogens with one attached hydrogen (secondary N) is 3. The number of alkyl carbamates (subject to hydrolysis) is 1. The van der Waals surface area contributed by atoms with Crippen molar-refractivity contribution in [2.24, 2.45) is 0 Å². The molecule has 12 nitrogen and oxygen atoms in total. The van der Waals surface area contributed by atoms with Crippen LogP contribution >= 0.6 is 0 Å². The quantitative estimate of drug-likeness (QED) is 0.268. The molecule has 0 bridgehead atoms. The molecule has 1 saturated heterocycles. The Kier molecular flexibility index (Phi) is 9.69. The summed E-state index contributed by atoms with van der Waals surface area (Å²) in [5.41, 5.74) is 2.81. The highest BCUT2D eigenvalue weighted by Crippen LogP contribution is 2.32. The van der Waals surface area contributed by atoms with E-state index in [9.17, 15) is 24.3 Å². The monoisotopic (exact) mass is 591 g/mol. The summed E-state index contributed by atoms with van der Waals surface area (Å²) in [6.07, 6.45) is 0.662. The standard InChI is InChI=1S/C31H37N5O7/c1-19-8-5-6-9-23(19)33-29(40)32-21-13-11-20(12-14-21)16-27(37)36-15-7-10-26(36)24-17-22(43-35-24)18-25(28(38)39)34-30(41)42-31(2,3)4/h5-6,8-9,11-14,17,25-26H,7,10,15-16,18H2,1-4H3,(H,34,41)(H,38,39)(H2,32,33,40)/t25?,26-/m0/s1. The van der Waals surface area contributed by atoms with Gasteiger partial charge in [-0.25, -0.2) is 14.4 Å². The van der Waals surface area contributed by atoms with E-state index in [1.807, 2.05) is 31.2 Å². The second-order valence-corrected chi connectivity index (χ2v) is 11.5.